The standard InChI is InChI=1S/C15H13N3O/c1-10-4-6-17-14(8-10)18-15(19)12-2-3-13-11(9-12)5-7-16-13/h2-9,16H,1H3,(H,17,18,19). The van der Waals surface area contributed by atoms with Gasteiger partial charge in [-0.05, 0) is 48.9 Å². The molecule has 2 N–H and O–H groups in total. The Morgan fingerprint density at radius 3 is 2.95 bits per heavy atom. The lowest BCUT2D eigenvalue weighted by Crippen LogP contribution is -2.12. The minimum atomic E-state index is -0.152. The highest BCUT2D eigenvalue weighted by Crippen LogP contribution is 2.15. The van der Waals surface area contributed by atoms with Gasteiger partial charge >= 0.3 is 0 Å². The van der Waals surface area contributed by atoms with Crippen molar-refractivity contribution in [1.29, 1.82) is 0 Å². The van der Waals surface area contributed by atoms with Gasteiger partial charge in [-0.1, -0.05) is 0 Å². The number of hydrogen-bond acceptors (Lipinski definition) is 2. The normalized spacial score (nSPS) is 10.6. The number of aromatic amines is 1. The van der Waals surface area contributed by atoms with Crippen LogP contribution < -0.4 is 5.32 Å². The molecular formula is C15H13N3O. The quantitative estimate of drug-likeness (QED) is 0.735. The van der Waals surface area contributed by atoms with Gasteiger partial charge in [-0.2, -0.15) is 0 Å². The Hall–Kier alpha value is -2.62. The van der Waals surface area contributed by atoms with Crippen LogP contribution in [0.4, 0.5) is 5.82 Å². The van der Waals surface area contributed by atoms with Crippen LogP contribution in [0.5, 0.6) is 0 Å². The SMILES string of the molecule is Cc1ccnc(NC(=O)c2ccc3[nH]ccc3c2)c1. The van der Waals surface area contributed by atoms with Crippen LogP contribution in [0.15, 0.2) is 48.8 Å². The Labute approximate surface area is 110 Å². The number of fused-ring (bicyclic) bond motifs is 1. The van der Waals surface area contributed by atoms with E-state index in [9.17, 15) is 4.79 Å². The summed E-state index contributed by atoms with van der Waals surface area (Å²) in [5.74, 6) is 0.417. The van der Waals surface area contributed by atoms with Crippen molar-refractivity contribution in [1.82, 2.24) is 9.97 Å². The summed E-state index contributed by atoms with van der Waals surface area (Å²) in [6.45, 7) is 1.96. The first-order valence-electron chi connectivity index (χ1n) is 6.03. The molecule has 0 unspecified atom stereocenters. The zero-order valence-corrected chi connectivity index (χ0v) is 10.5. The monoisotopic (exact) mass is 251 g/mol. The highest BCUT2D eigenvalue weighted by Gasteiger charge is 2.07. The average molecular weight is 251 g/mol. The van der Waals surface area contributed by atoms with E-state index in [0.717, 1.165) is 16.5 Å². The molecule has 19 heavy (non-hydrogen) atoms. The van der Waals surface area contributed by atoms with Crippen LogP contribution in [0.3, 0.4) is 0 Å². The van der Waals surface area contributed by atoms with E-state index in [2.05, 4.69) is 15.3 Å². The summed E-state index contributed by atoms with van der Waals surface area (Å²) in [5, 5.41) is 3.81. The number of rotatable bonds is 2. The molecule has 2 aromatic heterocycles. The van der Waals surface area contributed by atoms with Gasteiger partial charge < -0.3 is 10.3 Å². The van der Waals surface area contributed by atoms with Crippen LogP contribution in [0, 0.1) is 6.92 Å². The van der Waals surface area contributed by atoms with Gasteiger partial charge in [0, 0.05) is 28.9 Å². The van der Waals surface area contributed by atoms with Crippen LogP contribution in [0.2, 0.25) is 0 Å². The fourth-order valence-electron chi connectivity index (χ4n) is 1.99. The first-order chi connectivity index (χ1) is 9.22. The van der Waals surface area contributed by atoms with E-state index >= 15 is 0 Å². The molecule has 1 aromatic carbocycles. The summed E-state index contributed by atoms with van der Waals surface area (Å²) in [5.41, 5.74) is 2.70. The molecule has 0 saturated heterocycles. The number of carbonyl (C=O) groups is 1. The van der Waals surface area contributed by atoms with Crippen molar-refractivity contribution in [3.63, 3.8) is 0 Å². The van der Waals surface area contributed by atoms with Crippen molar-refractivity contribution >= 4 is 22.6 Å². The van der Waals surface area contributed by atoms with Crippen LogP contribution in [-0.2, 0) is 0 Å². The number of nitrogens with zero attached hydrogens (tertiary/aromatic N) is 1. The lowest BCUT2D eigenvalue weighted by molar-refractivity contribution is 0.102. The molecule has 4 heteroatoms. The zero-order chi connectivity index (χ0) is 13.2. The number of hydrogen-bond donors (Lipinski definition) is 2. The van der Waals surface area contributed by atoms with E-state index in [4.69, 9.17) is 0 Å². The molecule has 3 aromatic rings. The van der Waals surface area contributed by atoms with E-state index in [1.54, 1.807) is 12.3 Å². The number of carbonyl (C=O) groups excluding carboxylic acids is 1. The van der Waals surface area contributed by atoms with Crippen molar-refractivity contribution in [2.75, 3.05) is 5.32 Å². The number of H-pyrrole nitrogens is 1. The largest absolute Gasteiger partial charge is 0.361 e. The third-order valence-corrected chi connectivity index (χ3v) is 2.97. The predicted octanol–water partition coefficient (Wildman–Crippen LogP) is 3.12. The van der Waals surface area contributed by atoms with Gasteiger partial charge in [0.25, 0.3) is 5.91 Å². The maximum absolute atomic E-state index is 12.1. The molecule has 94 valence electrons. The molecule has 2 heterocycles. The van der Waals surface area contributed by atoms with Gasteiger partial charge in [-0.15, -0.1) is 0 Å². The zero-order valence-electron chi connectivity index (χ0n) is 10.5. The Morgan fingerprint density at radius 2 is 2.11 bits per heavy atom. The fraction of sp³-hybridized carbons (Fsp3) is 0.0667. The van der Waals surface area contributed by atoms with Gasteiger partial charge in [-0.3, -0.25) is 4.79 Å². The van der Waals surface area contributed by atoms with E-state index < -0.39 is 0 Å². The average Bonchev–Trinajstić information content (AvgIpc) is 2.85. The van der Waals surface area contributed by atoms with Crippen LogP contribution in [0.25, 0.3) is 10.9 Å². The number of aryl methyl sites for hydroxylation is 1. The van der Waals surface area contributed by atoms with Gasteiger partial charge in [0.1, 0.15) is 5.82 Å². The number of benzene rings is 1. The van der Waals surface area contributed by atoms with Gasteiger partial charge in [0.05, 0.1) is 0 Å². The summed E-state index contributed by atoms with van der Waals surface area (Å²) in [6.07, 6.45) is 3.54. The summed E-state index contributed by atoms with van der Waals surface area (Å²) in [4.78, 5) is 19.3. The second-order valence-corrected chi connectivity index (χ2v) is 4.45. The molecule has 3 rings (SSSR count). The Morgan fingerprint density at radius 1 is 1.21 bits per heavy atom. The third-order valence-electron chi connectivity index (χ3n) is 2.97. The van der Waals surface area contributed by atoms with Crippen molar-refractivity contribution in [2.45, 2.75) is 6.92 Å². The minimum Gasteiger partial charge on any atom is -0.361 e. The number of aromatic nitrogens is 2. The van der Waals surface area contributed by atoms with Crippen LogP contribution in [0.1, 0.15) is 15.9 Å². The maximum Gasteiger partial charge on any atom is 0.256 e. The van der Waals surface area contributed by atoms with Crippen LogP contribution in [-0.4, -0.2) is 15.9 Å². The fourth-order valence-corrected chi connectivity index (χ4v) is 1.99. The van der Waals surface area contributed by atoms with Crippen molar-refractivity contribution in [3.05, 3.63) is 59.9 Å². The molecule has 0 fully saturated rings. The van der Waals surface area contributed by atoms with E-state index in [1.165, 1.54) is 0 Å². The molecule has 0 aliphatic carbocycles. The highest BCUT2D eigenvalue weighted by atomic mass is 16.1. The molecular weight excluding hydrogens is 238 g/mol. The number of nitrogens with one attached hydrogen (secondary N) is 2. The van der Waals surface area contributed by atoms with Crippen molar-refractivity contribution in [3.8, 4) is 0 Å². The Kier molecular flexibility index (Phi) is 2.76. The highest BCUT2D eigenvalue weighted by molar-refractivity contribution is 6.05. The molecule has 1 amide bonds. The molecule has 0 spiro atoms. The Bertz CT molecular complexity index is 746. The summed E-state index contributed by atoms with van der Waals surface area (Å²) in [7, 11) is 0. The van der Waals surface area contributed by atoms with Crippen molar-refractivity contribution < 1.29 is 4.79 Å². The molecule has 0 aliphatic heterocycles. The molecule has 4 nitrogen and oxygen atoms in total. The van der Waals surface area contributed by atoms with Gasteiger partial charge in [0.15, 0.2) is 0 Å². The summed E-state index contributed by atoms with van der Waals surface area (Å²) >= 11 is 0. The lowest BCUT2D eigenvalue weighted by Gasteiger charge is -2.05. The predicted molar refractivity (Wildman–Crippen MR) is 75.2 cm³/mol. The summed E-state index contributed by atoms with van der Waals surface area (Å²) < 4.78 is 0. The number of pyridine rings is 1. The van der Waals surface area contributed by atoms with E-state index in [-0.39, 0.29) is 5.91 Å². The molecule has 0 aliphatic rings. The first kappa shape index (κ1) is 11.5. The topological polar surface area (TPSA) is 57.8 Å². The second kappa shape index (κ2) is 4.57. The molecule has 0 atom stereocenters. The molecule has 0 radical (unpaired) electrons. The van der Waals surface area contributed by atoms with Crippen LogP contribution >= 0.6 is 0 Å². The van der Waals surface area contributed by atoms with E-state index in [1.807, 2.05) is 43.5 Å². The van der Waals surface area contributed by atoms with Gasteiger partial charge in [0.2, 0.25) is 0 Å². The Balaban J connectivity index is 1.87. The lowest BCUT2D eigenvalue weighted by atomic mass is 10.1. The second-order valence-electron chi connectivity index (χ2n) is 4.45. The van der Waals surface area contributed by atoms with Gasteiger partial charge in [-0.25, -0.2) is 4.98 Å². The minimum absolute atomic E-state index is 0.152. The number of amides is 1. The van der Waals surface area contributed by atoms with E-state index in [0.29, 0.717) is 11.4 Å². The summed E-state index contributed by atoms with van der Waals surface area (Å²) in [6, 6.07) is 11.2. The molecule has 0 saturated carbocycles. The maximum atomic E-state index is 12.1. The molecule has 0 bridgehead atoms. The smallest absolute Gasteiger partial charge is 0.256 e. The first-order valence-corrected chi connectivity index (χ1v) is 6.03. The van der Waals surface area contributed by atoms with Crippen molar-refractivity contribution in [2.24, 2.45) is 0 Å². The third kappa shape index (κ3) is 2.33. The number of anilines is 1.